The molecule has 20 heavy (non-hydrogen) atoms. The molecule has 0 saturated carbocycles. The van der Waals surface area contributed by atoms with Crippen LogP contribution in [0.15, 0.2) is 48.5 Å². The van der Waals surface area contributed by atoms with E-state index in [1.165, 1.54) is 5.56 Å². The fourth-order valence-corrected chi connectivity index (χ4v) is 2.64. The molecule has 0 spiro atoms. The molecule has 1 atom stereocenters. The van der Waals surface area contributed by atoms with Crippen molar-refractivity contribution in [2.45, 2.75) is 12.8 Å². The summed E-state index contributed by atoms with van der Waals surface area (Å²) >= 11 is 11.2. The van der Waals surface area contributed by atoms with E-state index in [0.717, 1.165) is 12.2 Å². The first kappa shape index (κ1) is 14.8. The number of halogens is 1. The van der Waals surface area contributed by atoms with Crippen LogP contribution in [0, 0.1) is 0 Å². The van der Waals surface area contributed by atoms with Gasteiger partial charge in [-0.2, -0.15) is 0 Å². The normalized spacial score (nSPS) is 11.9. The molecule has 0 aliphatic rings. The van der Waals surface area contributed by atoms with Crippen molar-refractivity contribution in [3.63, 3.8) is 0 Å². The van der Waals surface area contributed by atoms with E-state index in [0.29, 0.717) is 21.5 Å². The Balaban J connectivity index is 2.12. The summed E-state index contributed by atoms with van der Waals surface area (Å²) in [5.74, 6) is 0.384. The number of thiocarbonyl (C=S) groups is 1. The highest BCUT2D eigenvalue weighted by molar-refractivity contribution is 7.80. The van der Waals surface area contributed by atoms with Crippen LogP contribution >= 0.6 is 23.8 Å². The number of hydrogen-bond acceptors (Lipinski definition) is 2. The quantitative estimate of drug-likeness (QED) is 0.813. The molecule has 0 bridgehead atoms. The Kier molecular flexibility index (Phi) is 4.99. The van der Waals surface area contributed by atoms with Gasteiger partial charge in [0.05, 0.1) is 10.6 Å². The van der Waals surface area contributed by atoms with Crippen molar-refractivity contribution in [2.24, 2.45) is 5.73 Å². The van der Waals surface area contributed by atoms with E-state index in [9.17, 15) is 0 Å². The van der Waals surface area contributed by atoms with Crippen LogP contribution in [0.1, 0.15) is 24.0 Å². The van der Waals surface area contributed by atoms with Gasteiger partial charge in [-0.05, 0) is 23.6 Å². The molecule has 0 aliphatic heterocycles. The van der Waals surface area contributed by atoms with Crippen LogP contribution in [0.3, 0.4) is 0 Å². The Morgan fingerprint density at radius 1 is 1.20 bits per heavy atom. The van der Waals surface area contributed by atoms with E-state index in [4.69, 9.17) is 29.6 Å². The summed E-state index contributed by atoms with van der Waals surface area (Å²) < 4.78 is 0. The Morgan fingerprint density at radius 3 is 2.55 bits per heavy atom. The van der Waals surface area contributed by atoms with E-state index in [2.05, 4.69) is 24.4 Å². The summed E-state index contributed by atoms with van der Waals surface area (Å²) in [5, 5.41) is 3.96. The van der Waals surface area contributed by atoms with Crippen molar-refractivity contribution in [3.05, 3.63) is 64.7 Å². The van der Waals surface area contributed by atoms with Crippen molar-refractivity contribution in [1.29, 1.82) is 0 Å². The maximum absolute atomic E-state index is 6.15. The lowest BCUT2D eigenvalue weighted by molar-refractivity contribution is 0.805. The molecule has 2 rings (SSSR count). The van der Waals surface area contributed by atoms with Gasteiger partial charge in [-0.15, -0.1) is 0 Å². The number of anilines is 1. The van der Waals surface area contributed by atoms with Crippen LogP contribution in [-0.4, -0.2) is 11.5 Å². The minimum absolute atomic E-state index is 0.311. The first-order valence-electron chi connectivity index (χ1n) is 6.46. The van der Waals surface area contributed by atoms with Gasteiger partial charge >= 0.3 is 0 Å². The summed E-state index contributed by atoms with van der Waals surface area (Å²) in [6, 6.07) is 16.0. The fraction of sp³-hybridized carbons (Fsp3) is 0.188. The summed E-state index contributed by atoms with van der Waals surface area (Å²) in [5.41, 5.74) is 8.63. The highest BCUT2D eigenvalue weighted by Crippen LogP contribution is 2.25. The lowest BCUT2D eigenvalue weighted by Crippen LogP contribution is -2.16. The average Bonchev–Trinajstić information content (AvgIpc) is 2.45. The van der Waals surface area contributed by atoms with Gasteiger partial charge in [0.25, 0.3) is 0 Å². The topological polar surface area (TPSA) is 38.0 Å². The lowest BCUT2D eigenvalue weighted by Gasteiger charge is -2.17. The molecule has 104 valence electrons. The molecule has 0 amide bonds. The Labute approximate surface area is 130 Å². The molecule has 0 saturated heterocycles. The third kappa shape index (κ3) is 3.50. The number of rotatable bonds is 5. The van der Waals surface area contributed by atoms with Crippen LogP contribution in [0.2, 0.25) is 5.02 Å². The Bertz CT molecular complexity index is 599. The highest BCUT2D eigenvalue weighted by Gasteiger charge is 2.11. The molecule has 0 radical (unpaired) electrons. The van der Waals surface area contributed by atoms with Crippen LogP contribution in [-0.2, 0) is 0 Å². The monoisotopic (exact) mass is 304 g/mol. The second-order valence-electron chi connectivity index (χ2n) is 4.72. The lowest BCUT2D eigenvalue weighted by atomic mass is 10.0. The zero-order valence-electron chi connectivity index (χ0n) is 11.3. The molecule has 0 fully saturated rings. The predicted molar refractivity (Wildman–Crippen MR) is 90.7 cm³/mol. The van der Waals surface area contributed by atoms with Crippen molar-refractivity contribution >= 4 is 34.5 Å². The minimum Gasteiger partial charge on any atom is -0.389 e. The molecule has 2 nitrogen and oxygen atoms in total. The molecule has 3 N–H and O–H groups in total. The van der Waals surface area contributed by atoms with Gasteiger partial charge in [-0.25, -0.2) is 0 Å². The minimum atomic E-state index is 0.311. The first-order chi connectivity index (χ1) is 9.59. The maximum atomic E-state index is 6.15. The molecule has 0 heterocycles. The van der Waals surface area contributed by atoms with Gasteiger partial charge in [0.1, 0.15) is 4.99 Å². The average molecular weight is 305 g/mol. The van der Waals surface area contributed by atoms with Gasteiger partial charge in [0.15, 0.2) is 0 Å². The van der Waals surface area contributed by atoms with Crippen molar-refractivity contribution in [3.8, 4) is 0 Å². The number of hydrogen-bond donors (Lipinski definition) is 2. The van der Waals surface area contributed by atoms with Crippen molar-refractivity contribution in [1.82, 2.24) is 0 Å². The standard InChI is InChI=1S/C16H17ClN2S/c1-11(12-6-3-2-4-7-12)10-19-14-9-5-8-13(17)15(14)16(18)20/h2-9,11,19H,10H2,1H3,(H2,18,20). The van der Waals surface area contributed by atoms with Gasteiger partial charge in [0, 0.05) is 12.2 Å². The summed E-state index contributed by atoms with van der Waals surface area (Å²) in [6.07, 6.45) is 0. The molecule has 2 aromatic rings. The zero-order chi connectivity index (χ0) is 14.5. The van der Waals surface area contributed by atoms with Crippen molar-refractivity contribution in [2.75, 3.05) is 11.9 Å². The Morgan fingerprint density at radius 2 is 1.90 bits per heavy atom. The predicted octanol–water partition coefficient (Wildman–Crippen LogP) is 4.19. The molecule has 4 heteroatoms. The van der Waals surface area contributed by atoms with Gasteiger partial charge < -0.3 is 11.1 Å². The molecular weight excluding hydrogens is 288 g/mol. The molecular formula is C16H17ClN2S. The molecule has 0 aromatic heterocycles. The van der Waals surface area contributed by atoms with Crippen LogP contribution in [0.25, 0.3) is 0 Å². The van der Waals surface area contributed by atoms with Crippen LogP contribution < -0.4 is 11.1 Å². The Hall–Kier alpha value is -1.58. The second kappa shape index (κ2) is 6.73. The molecule has 0 aliphatic carbocycles. The van der Waals surface area contributed by atoms with E-state index < -0.39 is 0 Å². The highest BCUT2D eigenvalue weighted by atomic mass is 35.5. The van der Waals surface area contributed by atoms with Crippen molar-refractivity contribution < 1.29 is 0 Å². The summed E-state index contributed by atoms with van der Waals surface area (Å²) in [4.78, 5) is 0.311. The van der Waals surface area contributed by atoms with Gasteiger partial charge in [0.2, 0.25) is 0 Å². The van der Waals surface area contributed by atoms with Crippen LogP contribution in [0.5, 0.6) is 0 Å². The third-order valence-corrected chi connectivity index (χ3v) is 3.75. The smallest absolute Gasteiger partial charge is 0.107 e. The van der Waals surface area contributed by atoms with Gasteiger partial charge in [-0.1, -0.05) is 67.1 Å². The first-order valence-corrected chi connectivity index (χ1v) is 7.25. The van der Waals surface area contributed by atoms with E-state index in [1.807, 2.05) is 30.3 Å². The van der Waals surface area contributed by atoms with Gasteiger partial charge in [-0.3, -0.25) is 0 Å². The number of benzene rings is 2. The number of nitrogens with one attached hydrogen (secondary N) is 1. The SMILES string of the molecule is CC(CNc1cccc(Cl)c1C(N)=S)c1ccccc1. The third-order valence-electron chi connectivity index (χ3n) is 3.23. The number of nitrogens with two attached hydrogens (primary N) is 1. The maximum Gasteiger partial charge on any atom is 0.107 e. The molecule has 2 aromatic carbocycles. The van der Waals surface area contributed by atoms with E-state index >= 15 is 0 Å². The van der Waals surface area contributed by atoms with Crippen LogP contribution in [0.4, 0.5) is 5.69 Å². The summed E-state index contributed by atoms with van der Waals surface area (Å²) in [7, 11) is 0. The summed E-state index contributed by atoms with van der Waals surface area (Å²) in [6.45, 7) is 2.97. The van der Waals surface area contributed by atoms with E-state index in [-0.39, 0.29) is 0 Å². The molecule has 1 unspecified atom stereocenters. The fourth-order valence-electron chi connectivity index (χ4n) is 2.08. The zero-order valence-corrected chi connectivity index (χ0v) is 12.8. The van der Waals surface area contributed by atoms with E-state index in [1.54, 1.807) is 6.07 Å². The second-order valence-corrected chi connectivity index (χ2v) is 5.57. The largest absolute Gasteiger partial charge is 0.389 e.